The molecule has 0 spiro atoms. The maximum absolute atomic E-state index is 3.93. The second-order valence-corrected chi connectivity index (χ2v) is 14.6. The van der Waals surface area contributed by atoms with Crippen LogP contribution in [0.15, 0.2) is 206 Å². The summed E-state index contributed by atoms with van der Waals surface area (Å²) < 4.78 is 0. The van der Waals surface area contributed by atoms with Gasteiger partial charge in [-0.1, -0.05) is 182 Å². The molecule has 56 heavy (non-hydrogen) atoms. The summed E-state index contributed by atoms with van der Waals surface area (Å²) >= 11 is 0. The van der Waals surface area contributed by atoms with Gasteiger partial charge in [-0.3, -0.25) is 0 Å². The van der Waals surface area contributed by atoms with Gasteiger partial charge in [0.15, 0.2) is 0 Å². The van der Waals surface area contributed by atoms with Gasteiger partial charge >= 0.3 is 0 Å². The van der Waals surface area contributed by atoms with Gasteiger partial charge in [-0.15, -0.1) is 0 Å². The first-order valence-corrected chi connectivity index (χ1v) is 19.3. The summed E-state index contributed by atoms with van der Waals surface area (Å²) in [5.74, 6) is 0. The van der Waals surface area contributed by atoms with Crippen molar-refractivity contribution in [3.63, 3.8) is 0 Å². The van der Waals surface area contributed by atoms with Gasteiger partial charge in [-0.25, -0.2) is 0 Å². The van der Waals surface area contributed by atoms with Gasteiger partial charge in [0.05, 0.1) is 11.4 Å². The summed E-state index contributed by atoms with van der Waals surface area (Å²) in [7, 11) is 0. The first kappa shape index (κ1) is 32.0. The minimum atomic E-state index is 1.12. The van der Waals surface area contributed by atoms with Crippen molar-refractivity contribution in [2.45, 2.75) is 0 Å². The third-order valence-electron chi connectivity index (χ3n) is 11.3. The highest BCUT2D eigenvalue weighted by atomic mass is 14.7. The predicted molar refractivity (Wildman–Crippen MR) is 238 cm³/mol. The summed E-state index contributed by atoms with van der Waals surface area (Å²) in [6, 6.07) is 74.7. The van der Waals surface area contributed by atoms with Crippen molar-refractivity contribution in [3.05, 3.63) is 206 Å². The maximum Gasteiger partial charge on any atom is 0.0544 e. The second-order valence-electron chi connectivity index (χ2n) is 14.6. The lowest BCUT2D eigenvalue weighted by Crippen LogP contribution is -1.92. The van der Waals surface area contributed by atoms with Crippen molar-refractivity contribution >= 4 is 43.4 Å². The van der Waals surface area contributed by atoms with Gasteiger partial charge in [0.2, 0.25) is 0 Å². The topological polar surface area (TPSA) is 31.6 Å². The minimum absolute atomic E-state index is 1.12. The average Bonchev–Trinajstić information content (AvgIpc) is 3.84. The molecular formula is C54H36N2. The number of fused-ring (bicyclic) bond motifs is 4. The molecule has 0 saturated carbocycles. The molecule has 0 fully saturated rings. The molecule has 0 bridgehead atoms. The molecule has 2 heteroatoms. The van der Waals surface area contributed by atoms with E-state index in [1.807, 2.05) is 0 Å². The van der Waals surface area contributed by atoms with Crippen LogP contribution in [-0.4, -0.2) is 9.97 Å². The fourth-order valence-electron chi connectivity index (χ4n) is 8.88. The van der Waals surface area contributed by atoms with Crippen LogP contribution in [0.4, 0.5) is 0 Å². The van der Waals surface area contributed by atoms with Crippen LogP contribution in [0, 0.1) is 0 Å². The van der Waals surface area contributed by atoms with Gasteiger partial charge in [-0.05, 0) is 90.3 Å². The number of rotatable bonds is 6. The Kier molecular flexibility index (Phi) is 7.53. The second kappa shape index (κ2) is 13.2. The van der Waals surface area contributed by atoms with Gasteiger partial charge in [-0.2, -0.15) is 0 Å². The number of nitrogens with one attached hydrogen (secondary N) is 2. The summed E-state index contributed by atoms with van der Waals surface area (Å²) in [6.45, 7) is 0. The molecular weight excluding hydrogens is 677 g/mol. The Labute approximate surface area is 325 Å². The zero-order chi connectivity index (χ0) is 37.0. The van der Waals surface area contributed by atoms with Crippen LogP contribution < -0.4 is 0 Å². The number of aromatic nitrogens is 2. The standard InChI is InChI=1S/C54H36N2/c1-7-19-35(20-8-1)49-41-31-45-48(56-53(39-27-15-5-16-28-39)51(45)37-23-11-3-12-24-37)34-44(41)50(36-21-9-2-10-22-36)42-32-46-47(33-43(42)49)55-54(40-29-17-6-18-30-40)52(46)38-25-13-4-14-26-38/h1-34,55-56H. The lowest BCUT2D eigenvalue weighted by Gasteiger charge is -2.19. The Bertz CT molecular complexity index is 2960. The van der Waals surface area contributed by atoms with E-state index in [0.717, 1.165) is 22.4 Å². The van der Waals surface area contributed by atoms with E-state index >= 15 is 0 Å². The smallest absolute Gasteiger partial charge is 0.0544 e. The lowest BCUT2D eigenvalue weighted by atomic mass is 9.84. The van der Waals surface area contributed by atoms with E-state index in [0.29, 0.717) is 0 Å². The summed E-state index contributed by atoms with van der Waals surface area (Å²) in [4.78, 5) is 7.87. The van der Waals surface area contributed by atoms with E-state index in [1.165, 1.54) is 88.0 Å². The monoisotopic (exact) mass is 712 g/mol. The van der Waals surface area contributed by atoms with E-state index in [2.05, 4.69) is 216 Å². The SMILES string of the molecule is c1ccc(-c2[nH]c3cc4c(-c5ccccc5)c5cc6c(-c7ccccc7)c(-c7ccccc7)[nH]c6cc5c(-c5ccccc5)c4cc3c2-c2ccccc2)cc1. The van der Waals surface area contributed by atoms with Crippen LogP contribution in [0.3, 0.4) is 0 Å². The molecule has 0 aliphatic carbocycles. The van der Waals surface area contributed by atoms with Crippen molar-refractivity contribution in [1.29, 1.82) is 0 Å². The highest BCUT2D eigenvalue weighted by molar-refractivity contribution is 6.27. The molecule has 0 aliphatic rings. The lowest BCUT2D eigenvalue weighted by molar-refractivity contribution is 1.45. The van der Waals surface area contributed by atoms with Crippen LogP contribution in [0.5, 0.6) is 0 Å². The zero-order valence-electron chi connectivity index (χ0n) is 30.6. The van der Waals surface area contributed by atoms with Gasteiger partial charge in [0, 0.05) is 32.9 Å². The molecule has 2 heterocycles. The third-order valence-corrected chi connectivity index (χ3v) is 11.3. The summed E-state index contributed by atoms with van der Waals surface area (Å²) in [5.41, 5.74) is 16.5. The number of benzene rings is 9. The first-order chi connectivity index (χ1) is 27.8. The van der Waals surface area contributed by atoms with Crippen molar-refractivity contribution in [1.82, 2.24) is 9.97 Å². The van der Waals surface area contributed by atoms with Crippen molar-refractivity contribution in [3.8, 4) is 67.0 Å². The Balaban J connectivity index is 1.34. The van der Waals surface area contributed by atoms with Crippen LogP contribution in [-0.2, 0) is 0 Å². The van der Waals surface area contributed by atoms with Gasteiger partial charge in [0.25, 0.3) is 0 Å². The predicted octanol–water partition coefficient (Wildman–Crippen LogP) is 15.0. The Morgan fingerprint density at radius 3 is 0.768 bits per heavy atom. The molecule has 0 amide bonds. The quantitative estimate of drug-likeness (QED) is 0.161. The zero-order valence-corrected chi connectivity index (χ0v) is 30.6. The van der Waals surface area contributed by atoms with Crippen molar-refractivity contribution in [2.24, 2.45) is 0 Å². The molecule has 2 nitrogen and oxygen atoms in total. The van der Waals surface area contributed by atoms with Crippen LogP contribution in [0.25, 0.3) is 110 Å². The van der Waals surface area contributed by atoms with Gasteiger partial charge < -0.3 is 9.97 Å². The molecule has 11 aromatic rings. The van der Waals surface area contributed by atoms with E-state index < -0.39 is 0 Å². The molecule has 9 aromatic carbocycles. The highest BCUT2D eigenvalue weighted by Crippen LogP contribution is 2.50. The fraction of sp³-hybridized carbons (Fsp3) is 0. The molecule has 0 saturated heterocycles. The van der Waals surface area contributed by atoms with E-state index in [9.17, 15) is 0 Å². The normalized spacial score (nSPS) is 11.6. The Hall–Kier alpha value is -7.42. The number of aromatic amines is 2. The van der Waals surface area contributed by atoms with Gasteiger partial charge in [0.1, 0.15) is 0 Å². The molecule has 2 N–H and O–H groups in total. The molecule has 2 aromatic heterocycles. The minimum Gasteiger partial charge on any atom is -0.354 e. The largest absolute Gasteiger partial charge is 0.354 e. The highest BCUT2D eigenvalue weighted by Gasteiger charge is 2.24. The number of hydrogen-bond acceptors (Lipinski definition) is 0. The summed E-state index contributed by atoms with van der Waals surface area (Å²) in [5, 5.41) is 7.30. The molecule has 262 valence electrons. The van der Waals surface area contributed by atoms with E-state index in [4.69, 9.17) is 0 Å². The van der Waals surface area contributed by atoms with Crippen LogP contribution in [0.1, 0.15) is 0 Å². The molecule has 0 atom stereocenters. The number of hydrogen-bond donors (Lipinski definition) is 2. The average molecular weight is 713 g/mol. The Morgan fingerprint density at radius 1 is 0.214 bits per heavy atom. The first-order valence-electron chi connectivity index (χ1n) is 19.3. The summed E-state index contributed by atoms with van der Waals surface area (Å²) in [6.07, 6.45) is 0. The fourth-order valence-corrected chi connectivity index (χ4v) is 8.88. The maximum atomic E-state index is 3.93. The molecule has 11 rings (SSSR count). The molecule has 0 radical (unpaired) electrons. The van der Waals surface area contributed by atoms with E-state index in [1.54, 1.807) is 0 Å². The van der Waals surface area contributed by atoms with Crippen molar-refractivity contribution < 1.29 is 0 Å². The van der Waals surface area contributed by atoms with E-state index in [-0.39, 0.29) is 0 Å². The number of H-pyrrole nitrogens is 2. The Morgan fingerprint density at radius 2 is 0.464 bits per heavy atom. The van der Waals surface area contributed by atoms with Crippen LogP contribution in [0.2, 0.25) is 0 Å². The van der Waals surface area contributed by atoms with Crippen LogP contribution >= 0.6 is 0 Å². The third kappa shape index (κ3) is 5.19. The van der Waals surface area contributed by atoms with Crippen molar-refractivity contribution in [2.75, 3.05) is 0 Å². The molecule has 0 aliphatic heterocycles. The molecule has 0 unspecified atom stereocenters.